The van der Waals surface area contributed by atoms with Crippen molar-refractivity contribution in [3.63, 3.8) is 0 Å². The molecule has 4 rings (SSSR count). The zero-order chi connectivity index (χ0) is 18.1. The van der Waals surface area contributed by atoms with Gasteiger partial charge in [-0.1, -0.05) is 6.07 Å². The van der Waals surface area contributed by atoms with Crippen molar-refractivity contribution in [1.82, 2.24) is 4.90 Å². The van der Waals surface area contributed by atoms with Crippen LogP contribution in [0.15, 0.2) is 36.4 Å². The van der Waals surface area contributed by atoms with Crippen LogP contribution < -0.4 is 14.2 Å². The van der Waals surface area contributed by atoms with Gasteiger partial charge in [0.25, 0.3) is 5.91 Å². The Morgan fingerprint density at radius 1 is 1.15 bits per heavy atom. The summed E-state index contributed by atoms with van der Waals surface area (Å²) in [6.45, 7) is 1.71. The highest BCUT2D eigenvalue weighted by molar-refractivity contribution is 5.94. The second-order valence-electron chi connectivity index (χ2n) is 6.41. The van der Waals surface area contributed by atoms with Crippen molar-refractivity contribution in [1.29, 1.82) is 0 Å². The van der Waals surface area contributed by atoms with Gasteiger partial charge in [0.05, 0.1) is 13.2 Å². The first kappa shape index (κ1) is 16.7. The maximum absolute atomic E-state index is 14.0. The minimum Gasteiger partial charge on any atom is -0.494 e. The molecule has 26 heavy (non-hydrogen) atoms. The molecule has 2 aliphatic rings. The van der Waals surface area contributed by atoms with E-state index in [0.29, 0.717) is 31.1 Å². The minimum atomic E-state index is -0.534. The van der Waals surface area contributed by atoms with Crippen molar-refractivity contribution in [2.24, 2.45) is 0 Å². The maximum atomic E-state index is 14.0. The molecule has 2 aromatic carbocycles. The standard InChI is InChI=1S/C20H20FNO4/c1-24-17-6-5-14(11-15(17)21)20(23)22-8-2-3-16(22)13-4-7-18-19(12-13)26-10-9-25-18/h4-7,11-12,16H,2-3,8-10H2,1H3/t16-/m0/s1. The first-order valence-electron chi connectivity index (χ1n) is 8.71. The molecule has 1 atom stereocenters. The summed E-state index contributed by atoms with van der Waals surface area (Å²) < 4.78 is 30.1. The predicted molar refractivity (Wildman–Crippen MR) is 93.4 cm³/mol. The van der Waals surface area contributed by atoms with Crippen LogP contribution in [0.3, 0.4) is 0 Å². The van der Waals surface area contributed by atoms with Crippen molar-refractivity contribution in [2.45, 2.75) is 18.9 Å². The lowest BCUT2D eigenvalue weighted by Crippen LogP contribution is -2.30. The number of likely N-dealkylation sites (tertiary alicyclic amines) is 1. The molecule has 0 spiro atoms. The predicted octanol–water partition coefficient (Wildman–Crippen LogP) is 3.58. The van der Waals surface area contributed by atoms with Gasteiger partial charge in [-0.05, 0) is 48.7 Å². The fraction of sp³-hybridized carbons (Fsp3) is 0.350. The van der Waals surface area contributed by atoms with E-state index in [1.165, 1.54) is 19.2 Å². The molecule has 0 bridgehead atoms. The molecule has 2 aromatic rings. The third-order valence-electron chi connectivity index (χ3n) is 4.86. The lowest BCUT2D eigenvalue weighted by molar-refractivity contribution is 0.0734. The van der Waals surface area contributed by atoms with Gasteiger partial charge < -0.3 is 19.1 Å². The molecular formula is C20H20FNO4. The van der Waals surface area contributed by atoms with E-state index in [1.54, 1.807) is 11.0 Å². The fourth-order valence-electron chi connectivity index (χ4n) is 3.59. The van der Waals surface area contributed by atoms with Gasteiger partial charge in [0.1, 0.15) is 13.2 Å². The molecular weight excluding hydrogens is 337 g/mol. The number of halogens is 1. The SMILES string of the molecule is COc1ccc(C(=O)N2CCC[C@H]2c2ccc3c(c2)OCCO3)cc1F. The summed E-state index contributed by atoms with van der Waals surface area (Å²) in [6.07, 6.45) is 1.77. The molecule has 5 nitrogen and oxygen atoms in total. The van der Waals surface area contributed by atoms with Crippen LogP contribution in [0.2, 0.25) is 0 Å². The average Bonchev–Trinajstić information content (AvgIpc) is 3.16. The second kappa shape index (κ2) is 6.86. The van der Waals surface area contributed by atoms with Crippen molar-refractivity contribution < 1.29 is 23.4 Å². The molecule has 1 amide bonds. The van der Waals surface area contributed by atoms with Crippen LogP contribution in [0, 0.1) is 5.82 Å². The first-order valence-corrected chi connectivity index (χ1v) is 8.71. The van der Waals surface area contributed by atoms with E-state index in [0.717, 1.165) is 24.2 Å². The van der Waals surface area contributed by atoms with Crippen molar-refractivity contribution >= 4 is 5.91 Å². The summed E-state index contributed by atoms with van der Waals surface area (Å²) in [5.41, 5.74) is 1.34. The number of methoxy groups -OCH3 is 1. The van der Waals surface area contributed by atoms with Gasteiger partial charge in [0, 0.05) is 12.1 Å². The number of ether oxygens (including phenoxy) is 3. The van der Waals surface area contributed by atoms with Crippen LogP contribution in [-0.2, 0) is 0 Å². The van der Waals surface area contributed by atoms with E-state index in [4.69, 9.17) is 14.2 Å². The van der Waals surface area contributed by atoms with Crippen LogP contribution in [0.5, 0.6) is 17.2 Å². The monoisotopic (exact) mass is 357 g/mol. The molecule has 0 aromatic heterocycles. The highest BCUT2D eigenvalue weighted by atomic mass is 19.1. The van der Waals surface area contributed by atoms with Crippen LogP contribution in [-0.4, -0.2) is 37.7 Å². The van der Waals surface area contributed by atoms with Crippen LogP contribution >= 0.6 is 0 Å². The van der Waals surface area contributed by atoms with Gasteiger partial charge in [-0.3, -0.25) is 4.79 Å². The molecule has 2 aliphatic heterocycles. The lowest BCUT2D eigenvalue weighted by Gasteiger charge is -2.27. The largest absolute Gasteiger partial charge is 0.494 e. The van der Waals surface area contributed by atoms with Gasteiger partial charge >= 0.3 is 0 Å². The van der Waals surface area contributed by atoms with Gasteiger partial charge in [0.15, 0.2) is 23.1 Å². The summed E-state index contributed by atoms with van der Waals surface area (Å²) in [6, 6.07) is 10.1. The molecule has 2 heterocycles. The topological polar surface area (TPSA) is 48.0 Å². The van der Waals surface area contributed by atoms with Crippen LogP contribution in [0.4, 0.5) is 4.39 Å². The maximum Gasteiger partial charge on any atom is 0.254 e. The molecule has 136 valence electrons. The molecule has 0 aliphatic carbocycles. The van der Waals surface area contributed by atoms with Crippen molar-refractivity contribution in [2.75, 3.05) is 26.9 Å². The Morgan fingerprint density at radius 3 is 2.73 bits per heavy atom. The molecule has 0 radical (unpaired) electrons. The van der Waals surface area contributed by atoms with E-state index in [2.05, 4.69) is 0 Å². The summed E-state index contributed by atoms with van der Waals surface area (Å²) in [5, 5.41) is 0. The van der Waals surface area contributed by atoms with Gasteiger partial charge in [-0.25, -0.2) is 4.39 Å². The highest BCUT2D eigenvalue weighted by Gasteiger charge is 2.31. The molecule has 6 heteroatoms. The Hall–Kier alpha value is -2.76. The highest BCUT2D eigenvalue weighted by Crippen LogP contribution is 2.38. The third kappa shape index (κ3) is 2.96. The van der Waals surface area contributed by atoms with E-state index in [-0.39, 0.29) is 17.7 Å². The number of carbonyl (C=O) groups excluding carboxylic acids is 1. The first-order chi connectivity index (χ1) is 12.7. The number of benzene rings is 2. The summed E-state index contributed by atoms with van der Waals surface area (Å²) in [4.78, 5) is 14.7. The summed E-state index contributed by atoms with van der Waals surface area (Å²) >= 11 is 0. The summed E-state index contributed by atoms with van der Waals surface area (Å²) in [5.74, 6) is 0.861. The number of carbonyl (C=O) groups is 1. The Labute approximate surface area is 151 Å². The molecule has 0 unspecified atom stereocenters. The Kier molecular flexibility index (Phi) is 4.41. The zero-order valence-corrected chi connectivity index (χ0v) is 14.5. The normalized spacial score (nSPS) is 18.7. The number of hydrogen-bond donors (Lipinski definition) is 0. The van der Waals surface area contributed by atoms with Gasteiger partial charge in [-0.2, -0.15) is 0 Å². The second-order valence-corrected chi connectivity index (χ2v) is 6.41. The van der Waals surface area contributed by atoms with Crippen LogP contribution in [0.25, 0.3) is 0 Å². The van der Waals surface area contributed by atoms with E-state index < -0.39 is 5.82 Å². The number of rotatable bonds is 3. The number of fused-ring (bicyclic) bond motifs is 1. The Balaban J connectivity index is 1.60. The Morgan fingerprint density at radius 2 is 1.96 bits per heavy atom. The molecule has 0 saturated carbocycles. The number of nitrogens with zero attached hydrogens (tertiary/aromatic N) is 1. The van der Waals surface area contributed by atoms with Gasteiger partial charge in [0.2, 0.25) is 0 Å². The van der Waals surface area contributed by atoms with E-state index >= 15 is 0 Å². The third-order valence-corrected chi connectivity index (χ3v) is 4.86. The Bertz CT molecular complexity index is 839. The van der Waals surface area contributed by atoms with Crippen molar-refractivity contribution in [3.8, 4) is 17.2 Å². The minimum absolute atomic E-state index is 0.0523. The zero-order valence-electron chi connectivity index (χ0n) is 14.5. The van der Waals surface area contributed by atoms with E-state index in [1.807, 2.05) is 18.2 Å². The van der Waals surface area contributed by atoms with E-state index in [9.17, 15) is 9.18 Å². The molecule has 0 N–H and O–H groups in total. The quantitative estimate of drug-likeness (QED) is 0.842. The molecule has 1 fully saturated rings. The molecule has 1 saturated heterocycles. The lowest BCUT2D eigenvalue weighted by atomic mass is 10.0. The number of hydrogen-bond acceptors (Lipinski definition) is 4. The smallest absolute Gasteiger partial charge is 0.254 e. The van der Waals surface area contributed by atoms with Crippen molar-refractivity contribution in [3.05, 3.63) is 53.3 Å². The average molecular weight is 357 g/mol. The number of amides is 1. The van der Waals surface area contributed by atoms with Crippen LogP contribution in [0.1, 0.15) is 34.8 Å². The summed E-state index contributed by atoms with van der Waals surface area (Å²) in [7, 11) is 1.40. The fourth-order valence-corrected chi connectivity index (χ4v) is 3.59. The van der Waals surface area contributed by atoms with Gasteiger partial charge in [-0.15, -0.1) is 0 Å².